The second kappa shape index (κ2) is 7.15. The molecule has 1 aliphatic rings. The Kier molecular flexibility index (Phi) is 5.25. The van der Waals surface area contributed by atoms with Gasteiger partial charge in [-0.05, 0) is 49.4 Å². The average Bonchev–Trinajstić information content (AvgIpc) is 2.58. The summed E-state index contributed by atoms with van der Waals surface area (Å²) in [6.45, 7) is 1.75. The number of halogens is 3. The third-order valence-corrected chi connectivity index (χ3v) is 6.74. The van der Waals surface area contributed by atoms with Gasteiger partial charge in [-0.25, -0.2) is 12.8 Å². The van der Waals surface area contributed by atoms with Crippen LogP contribution in [0.1, 0.15) is 6.92 Å². The lowest BCUT2D eigenvalue weighted by molar-refractivity contribution is -0.123. The molecule has 5 nitrogen and oxygen atoms in total. The molecule has 26 heavy (non-hydrogen) atoms. The lowest BCUT2D eigenvalue weighted by Gasteiger charge is -2.38. The van der Waals surface area contributed by atoms with E-state index in [1.165, 1.54) is 30.0 Å². The maximum Gasteiger partial charge on any atom is 0.245 e. The van der Waals surface area contributed by atoms with Gasteiger partial charge in [0.1, 0.15) is 11.9 Å². The first-order valence-corrected chi connectivity index (χ1v) is 9.95. The summed E-state index contributed by atoms with van der Waals surface area (Å²) in [6.07, 6.45) is 0. The van der Waals surface area contributed by atoms with Crippen molar-refractivity contribution in [3.05, 3.63) is 58.3 Å². The summed E-state index contributed by atoms with van der Waals surface area (Å²) in [4.78, 5) is 14.2. The van der Waals surface area contributed by atoms with E-state index >= 15 is 0 Å². The molecule has 2 aromatic rings. The van der Waals surface area contributed by atoms with E-state index in [2.05, 4.69) is 0 Å². The molecule has 1 atom stereocenters. The van der Waals surface area contributed by atoms with Gasteiger partial charge in [0.25, 0.3) is 0 Å². The van der Waals surface area contributed by atoms with Crippen LogP contribution in [0.15, 0.2) is 47.4 Å². The Labute approximate surface area is 161 Å². The topological polar surface area (TPSA) is 57.7 Å². The highest BCUT2D eigenvalue weighted by Crippen LogP contribution is 2.32. The fraction of sp³-hybridized carbons (Fsp3) is 0.235. The van der Waals surface area contributed by atoms with Gasteiger partial charge in [0, 0.05) is 18.1 Å². The zero-order valence-electron chi connectivity index (χ0n) is 13.7. The van der Waals surface area contributed by atoms with Crippen LogP contribution in [0, 0.1) is 5.82 Å². The van der Waals surface area contributed by atoms with Crippen molar-refractivity contribution in [1.82, 2.24) is 4.31 Å². The molecular formula is C17H15Cl2FN2O3S. The number of anilines is 1. The quantitative estimate of drug-likeness (QED) is 0.768. The molecule has 1 aliphatic heterocycles. The number of hydrogen-bond donors (Lipinski definition) is 0. The molecular weight excluding hydrogens is 402 g/mol. The highest BCUT2D eigenvalue weighted by molar-refractivity contribution is 7.89. The van der Waals surface area contributed by atoms with Crippen molar-refractivity contribution in [3.63, 3.8) is 0 Å². The largest absolute Gasteiger partial charge is 0.308 e. The molecule has 0 aromatic heterocycles. The van der Waals surface area contributed by atoms with Crippen molar-refractivity contribution >= 4 is 44.8 Å². The Morgan fingerprint density at radius 2 is 1.73 bits per heavy atom. The predicted molar refractivity (Wildman–Crippen MR) is 98.6 cm³/mol. The summed E-state index contributed by atoms with van der Waals surface area (Å²) in [5, 5.41) is 0.754. The number of nitrogens with zero attached hydrogens (tertiary/aromatic N) is 2. The third kappa shape index (κ3) is 3.44. The van der Waals surface area contributed by atoms with Crippen LogP contribution in [0.25, 0.3) is 0 Å². The van der Waals surface area contributed by atoms with Crippen LogP contribution in [0.3, 0.4) is 0 Å². The molecule has 0 aliphatic carbocycles. The number of amides is 1. The smallest absolute Gasteiger partial charge is 0.245 e. The van der Waals surface area contributed by atoms with Crippen LogP contribution >= 0.6 is 23.2 Å². The number of rotatable bonds is 3. The first-order chi connectivity index (χ1) is 12.2. The Balaban J connectivity index is 1.89. The summed E-state index contributed by atoms with van der Waals surface area (Å²) in [6, 6.07) is 8.35. The van der Waals surface area contributed by atoms with Gasteiger partial charge in [0.15, 0.2) is 0 Å². The number of hydrogen-bond acceptors (Lipinski definition) is 3. The summed E-state index contributed by atoms with van der Waals surface area (Å²) in [5.74, 6) is -0.929. The van der Waals surface area contributed by atoms with Gasteiger partial charge < -0.3 is 4.90 Å². The van der Waals surface area contributed by atoms with E-state index in [-0.39, 0.29) is 18.0 Å². The molecule has 3 rings (SSSR count). The van der Waals surface area contributed by atoms with Gasteiger partial charge in [-0.15, -0.1) is 0 Å². The number of piperazine rings is 1. The summed E-state index contributed by atoms with van der Waals surface area (Å²) in [5.41, 5.74) is 0.478. The molecule has 2 aromatic carbocycles. The van der Waals surface area contributed by atoms with Crippen LogP contribution in [0.5, 0.6) is 0 Å². The SMILES string of the molecule is CC1C(=O)N(c2ccc(Cl)cc2Cl)CCN1S(=O)(=O)c1ccc(F)cc1. The molecule has 1 heterocycles. The van der Waals surface area contributed by atoms with Crippen molar-refractivity contribution in [1.29, 1.82) is 0 Å². The molecule has 1 amide bonds. The summed E-state index contributed by atoms with van der Waals surface area (Å²) < 4.78 is 39.8. The monoisotopic (exact) mass is 416 g/mol. The van der Waals surface area contributed by atoms with Crippen molar-refractivity contribution in [2.75, 3.05) is 18.0 Å². The van der Waals surface area contributed by atoms with Crippen molar-refractivity contribution in [2.45, 2.75) is 17.9 Å². The van der Waals surface area contributed by atoms with Crippen LogP contribution in [-0.2, 0) is 14.8 Å². The molecule has 1 saturated heterocycles. The number of benzene rings is 2. The van der Waals surface area contributed by atoms with Gasteiger partial charge in [0.05, 0.1) is 15.6 Å². The standard InChI is InChI=1S/C17H15Cl2FN2O3S/c1-11-17(23)21(16-7-2-12(18)10-15(16)19)8-9-22(11)26(24,25)14-5-3-13(20)4-6-14/h2-7,10-11H,8-9H2,1H3. The second-order valence-electron chi connectivity index (χ2n) is 5.83. The normalized spacial score (nSPS) is 19.0. The van der Waals surface area contributed by atoms with E-state index < -0.39 is 27.8 Å². The van der Waals surface area contributed by atoms with Crippen molar-refractivity contribution in [3.8, 4) is 0 Å². The number of sulfonamides is 1. The van der Waals surface area contributed by atoms with Gasteiger partial charge in [-0.2, -0.15) is 4.31 Å². The van der Waals surface area contributed by atoms with E-state index in [9.17, 15) is 17.6 Å². The molecule has 0 spiro atoms. The minimum Gasteiger partial charge on any atom is -0.308 e. The molecule has 0 radical (unpaired) electrons. The van der Waals surface area contributed by atoms with Crippen LogP contribution in [-0.4, -0.2) is 37.8 Å². The average molecular weight is 417 g/mol. The minimum atomic E-state index is -3.92. The Hall–Kier alpha value is -1.67. The zero-order valence-corrected chi connectivity index (χ0v) is 16.0. The summed E-state index contributed by atoms with van der Waals surface area (Å²) >= 11 is 12.0. The fourth-order valence-electron chi connectivity index (χ4n) is 2.86. The van der Waals surface area contributed by atoms with Crippen molar-refractivity contribution < 1.29 is 17.6 Å². The Bertz CT molecular complexity index is 951. The Morgan fingerprint density at radius 1 is 1.08 bits per heavy atom. The van der Waals surface area contributed by atoms with Gasteiger partial charge in [-0.3, -0.25) is 4.79 Å². The summed E-state index contributed by atoms with van der Waals surface area (Å²) in [7, 11) is -3.92. The van der Waals surface area contributed by atoms with E-state index in [1.54, 1.807) is 12.1 Å². The molecule has 0 saturated carbocycles. The highest BCUT2D eigenvalue weighted by Gasteiger charge is 2.40. The maximum absolute atomic E-state index is 13.1. The predicted octanol–water partition coefficient (Wildman–Crippen LogP) is 3.56. The van der Waals surface area contributed by atoms with Crippen molar-refractivity contribution in [2.24, 2.45) is 0 Å². The minimum absolute atomic E-state index is 0.0588. The molecule has 1 fully saturated rings. The molecule has 9 heteroatoms. The first-order valence-electron chi connectivity index (χ1n) is 7.75. The van der Waals surface area contributed by atoms with E-state index in [0.29, 0.717) is 15.7 Å². The highest BCUT2D eigenvalue weighted by atomic mass is 35.5. The number of carbonyl (C=O) groups excluding carboxylic acids is 1. The zero-order chi connectivity index (χ0) is 19.1. The first kappa shape index (κ1) is 19.1. The number of carbonyl (C=O) groups is 1. The third-order valence-electron chi connectivity index (χ3n) is 4.22. The van der Waals surface area contributed by atoms with E-state index in [0.717, 1.165) is 16.4 Å². The van der Waals surface area contributed by atoms with Crippen LogP contribution < -0.4 is 4.90 Å². The molecule has 0 bridgehead atoms. The van der Waals surface area contributed by atoms with E-state index in [1.807, 2.05) is 0 Å². The lowest BCUT2D eigenvalue weighted by Crippen LogP contribution is -2.57. The van der Waals surface area contributed by atoms with Gasteiger partial charge in [0.2, 0.25) is 15.9 Å². The maximum atomic E-state index is 13.1. The molecule has 0 N–H and O–H groups in total. The second-order valence-corrected chi connectivity index (χ2v) is 8.57. The van der Waals surface area contributed by atoms with Gasteiger partial charge >= 0.3 is 0 Å². The molecule has 138 valence electrons. The van der Waals surface area contributed by atoms with Crippen LogP contribution in [0.2, 0.25) is 10.0 Å². The fourth-order valence-corrected chi connectivity index (χ4v) is 4.95. The lowest BCUT2D eigenvalue weighted by atomic mass is 10.2. The Morgan fingerprint density at radius 3 is 2.35 bits per heavy atom. The van der Waals surface area contributed by atoms with Gasteiger partial charge in [-0.1, -0.05) is 23.2 Å². The van der Waals surface area contributed by atoms with E-state index in [4.69, 9.17) is 23.2 Å². The van der Waals surface area contributed by atoms with Crippen LogP contribution in [0.4, 0.5) is 10.1 Å². The molecule has 1 unspecified atom stereocenters.